The molecule has 102 valence electrons. The van der Waals surface area contributed by atoms with Crippen molar-refractivity contribution in [2.24, 2.45) is 10.2 Å². The van der Waals surface area contributed by atoms with Crippen LogP contribution in [-0.2, 0) is 13.1 Å². The van der Waals surface area contributed by atoms with Crippen molar-refractivity contribution in [2.45, 2.75) is 25.9 Å². The largest absolute Gasteiger partial charge is 0.238 e. The molecule has 0 unspecified atom stereocenters. The van der Waals surface area contributed by atoms with E-state index in [0.29, 0.717) is 25.9 Å². The molecule has 2 rings (SSSR count). The first-order chi connectivity index (χ1) is 9.85. The van der Waals surface area contributed by atoms with E-state index < -0.39 is 0 Å². The summed E-state index contributed by atoms with van der Waals surface area (Å²) in [6.45, 7) is 0.973. The topological polar surface area (TPSA) is 185 Å². The van der Waals surface area contributed by atoms with Crippen LogP contribution in [0.15, 0.2) is 10.2 Å². The van der Waals surface area contributed by atoms with Gasteiger partial charge >= 0.3 is 0 Å². The summed E-state index contributed by atoms with van der Waals surface area (Å²) in [6, 6.07) is 0. The van der Waals surface area contributed by atoms with Gasteiger partial charge in [0.25, 0.3) is 0 Å². The number of rotatable bonds is 7. The highest BCUT2D eigenvalue weighted by atomic mass is 15.6. The summed E-state index contributed by atoms with van der Waals surface area (Å²) in [4.78, 5) is 5.25. The third kappa shape index (κ3) is 3.16. The summed E-state index contributed by atoms with van der Waals surface area (Å²) in [5, 5.41) is 28.0. The Bertz CT molecular complexity index is 595. The lowest BCUT2D eigenvalue weighted by Crippen LogP contribution is -2.04. The molecular formula is C6H8N14. The molecule has 0 amide bonds. The summed E-state index contributed by atoms with van der Waals surface area (Å²) in [5.41, 5.74) is 16.6. The molecule has 0 N–H and O–H groups in total. The minimum absolute atomic E-state index is 0.115. The van der Waals surface area contributed by atoms with Crippen molar-refractivity contribution in [3.63, 3.8) is 0 Å². The third-order valence-electron chi connectivity index (χ3n) is 2.28. The summed E-state index contributed by atoms with van der Waals surface area (Å²) in [5.74, 6) is 0.231. The van der Waals surface area contributed by atoms with Gasteiger partial charge in [-0.05, 0) is 55.0 Å². The first kappa shape index (κ1) is 13.2. The van der Waals surface area contributed by atoms with Crippen molar-refractivity contribution < 1.29 is 0 Å². The number of hydrogen-bond donors (Lipinski definition) is 0. The lowest BCUT2D eigenvalue weighted by Gasteiger charge is -2.02. The van der Waals surface area contributed by atoms with Gasteiger partial charge in [0.15, 0.2) is 0 Å². The van der Waals surface area contributed by atoms with E-state index >= 15 is 0 Å². The Morgan fingerprint density at radius 1 is 0.850 bits per heavy atom. The van der Waals surface area contributed by atoms with Crippen LogP contribution in [0, 0.1) is 0 Å². The van der Waals surface area contributed by atoms with Crippen molar-refractivity contribution in [3.8, 4) is 0 Å². The second-order valence-electron chi connectivity index (χ2n) is 3.49. The number of hydrogen-bond acceptors (Lipinski definition) is 8. The van der Waals surface area contributed by atoms with Gasteiger partial charge in [0, 0.05) is 22.9 Å². The Kier molecular flexibility index (Phi) is 4.37. The van der Waals surface area contributed by atoms with Crippen LogP contribution >= 0.6 is 0 Å². The van der Waals surface area contributed by atoms with E-state index in [1.165, 1.54) is 9.36 Å². The molecule has 0 spiro atoms. The van der Waals surface area contributed by atoms with Gasteiger partial charge in [0.1, 0.15) is 0 Å². The van der Waals surface area contributed by atoms with Crippen LogP contribution in [0.1, 0.15) is 12.8 Å². The van der Waals surface area contributed by atoms with Crippen LogP contribution in [0.3, 0.4) is 0 Å². The minimum Gasteiger partial charge on any atom is -0.224 e. The van der Waals surface area contributed by atoms with Gasteiger partial charge in [0.05, 0.1) is 0 Å². The summed E-state index contributed by atoms with van der Waals surface area (Å²) < 4.78 is 2.79. The van der Waals surface area contributed by atoms with Gasteiger partial charge in [-0.3, -0.25) is 0 Å². The maximum atomic E-state index is 8.32. The molecule has 0 saturated heterocycles. The van der Waals surface area contributed by atoms with Gasteiger partial charge in [-0.1, -0.05) is 0 Å². The SMILES string of the molecule is [N-]=[N+]=Nc1nnnn1CCCCn1nnnc1N=[N+]=[N-]. The van der Waals surface area contributed by atoms with Crippen LogP contribution < -0.4 is 0 Å². The fourth-order valence-corrected chi connectivity index (χ4v) is 1.44. The summed E-state index contributed by atoms with van der Waals surface area (Å²) in [6.07, 6.45) is 1.41. The van der Waals surface area contributed by atoms with E-state index in [9.17, 15) is 0 Å². The van der Waals surface area contributed by atoms with Crippen LogP contribution in [0.25, 0.3) is 20.9 Å². The van der Waals surface area contributed by atoms with E-state index in [1.54, 1.807) is 0 Å². The average Bonchev–Trinajstić information content (AvgIpc) is 3.06. The number of nitrogens with zero attached hydrogens (tertiary/aromatic N) is 14. The number of unbranched alkanes of at least 4 members (excludes halogenated alkanes) is 1. The molecule has 0 aliphatic carbocycles. The molecule has 14 nitrogen and oxygen atoms in total. The van der Waals surface area contributed by atoms with Gasteiger partial charge < -0.3 is 0 Å². The molecule has 0 saturated carbocycles. The summed E-state index contributed by atoms with van der Waals surface area (Å²) in [7, 11) is 0. The molecule has 20 heavy (non-hydrogen) atoms. The molecule has 2 aromatic rings. The Morgan fingerprint density at radius 2 is 1.30 bits per heavy atom. The molecule has 0 aliphatic rings. The number of aryl methyl sites for hydroxylation is 2. The highest BCUT2D eigenvalue weighted by Crippen LogP contribution is 2.09. The minimum atomic E-state index is 0.115. The molecular weight excluding hydrogens is 268 g/mol. The van der Waals surface area contributed by atoms with Crippen molar-refractivity contribution >= 4 is 11.9 Å². The van der Waals surface area contributed by atoms with Gasteiger partial charge in [-0.15, -0.1) is 10.2 Å². The first-order valence-corrected chi connectivity index (χ1v) is 5.47. The quantitative estimate of drug-likeness (QED) is 0.314. The monoisotopic (exact) mass is 276 g/mol. The van der Waals surface area contributed by atoms with Crippen molar-refractivity contribution in [1.82, 2.24) is 40.4 Å². The maximum Gasteiger partial charge on any atom is 0.238 e. The highest BCUT2D eigenvalue weighted by molar-refractivity contribution is 5.09. The molecule has 0 aliphatic heterocycles. The standard InChI is InChI=1S/C6H8N14/c7-13-9-5-11-15-17-19(5)3-1-2-4-20-6(10-14-8)12-16-18-20/h1-4H2. The molecule has 0 bridgehead atoms. The normalized spacial score (nSPS) is 9.80. The number of azide groups is 2. The molecule has 2 aromatic heterocycles. The molecule has 0 radical (unpaired) electrons. The predicted molar refractivity (Wildman–Crippen MR) is 62.5 cm³/mol. The Labute approximate surface area is 110 Å². The number of tetrazole rings is 2. The zero-order chi connectivity index (χ0) is 14.2. The zero-order valence-electron chi connectivity index (χ0n) is 10.1. The van der Waals surface area contributed by atoms with Crippen molar-refractivity contribution in [1.29, 1.82) is 0 Å². The van der Waals surface area contributed by atoms with Crippen molar-refractivity contribution in [2.75, 3.05) is 0 Å². The highest BCUT2D eigenvalue weighted by Gasteiger charge is 2.05. The summed E-state index contributed by atoms with van der Waals surface area (Å²) >= 11 is 0. The van der Waals surface area contributed by atoms with Crippen LogP contribution in [0.2, 0.25) is 0 Å². The third-order valence-corrected chi connectivity index (χ3v) is 2.28. The molecule has 0 fully saturated rings. The molecule has 0 atom stereocenters. The van der Waals surface area contributed by atoms with Crippen LogP contribution in [0.5, 0.6) is 0 Å². The van der Waals surface area contributed by atoms with E-state index in [2.05, 4.69) is 51.1 Å². The Morgan fingerprint density at radius 3 is 1.70 bits per heavy atom. The van der Waals surface area contributed by atoms with E-state index in [0.717, 1.165) is 0 Å². The van der Waals surface area contributed by atoms with E-state index in [4.69, 9.17) is 11.1 Å². The fraction of sp³-hybridized carbons (Fsp3) is 0.667. The second-order valence-corrected chi connectivity index (χ2v) is 3.49. The molecule has 0 aromatic carbocycles. The van der Waals surface area contributed by atoms with Gasteiger partial charge in [-0.2, -0.15) is 0 Å². The lowest BCUT2D eigenvalue weighted by atomic mass is 10.3. The van der Waals surface area contributed by atoms with Crippen LogP contribution in [0.4, 0.5) is 11.9 Å². The second kappa shape index (κ2) is 6.63. The van der Waals surface area contributed by atoms with Crippen molar-refractivity contribution in [3.05, 3.63) is 20.9 Å². The first-order valence-electron chi connectivity index (χ1n) is 5.47. The molecule has 14 heteroatoms. The fourth-order valence-electron chi connectivity index (χ4n) is 1.44. The number of aromatic nitrogens is 8. The van der Waals surface area contributed by atoms with E-state index in [1.807, 2.05) is 0 Å². The Balaban J connectivity index is 1.84. The maximum absolute atomic E-state index is 8.32. The van der Waals surface area contributed by atoms with E-state index in [-0.39, 0.29) is 11.9 Å². The molecule has 2 heterocycles. The predicted octanol–water partition coefficient (Wildman–Crippen LogP) is 1.02. The zero-order valence-corrected chi connectivity index (χ0v) is 10.1. The average molecular weight is 276 g/mol. The van der Waals surface area contributed by atoms with Gasteiger partial charge in [0.2, 0.25) is 11.9 Å². The van der Waals surface area contributed by atoms with Gasteiger partial charge in [-0.25, -0.2) is 9.36 Å². The Hall–Kier alpha value is -3.24. The lowest BCUT2D eigenvalue weighted by molar-refractivity contribution is 0.490. The smallest absolute Gasteiger partial charge is 0.224 e. The van der Waals surface area contributed by atoms with Crippen LogP contribution in [-0.4, -0.2) is 40.4 Å².